The Kier molecular flexibility index (Phi) is 3.40. The Labute approximate surface area is 99.7 Å². The summed E-state index contributed by atoms with van der Waals surface area (Å²) in [5.41, 5.74) is 7.99. The van der Waals surface area contributed by atoms with Crippen LogP contribution in [-0.4, -0.2) is 17.6 Å². The molecule has 0 saturated carbocycles. The van der Waals surface area contributed by atoms with Gasteiger partial charge < -0.3 is 10.5 Å². The second kappa shape index (κ2) is 4.81. The molecule has 1 fully saturated rings. The first-order chi connectivity index (χ1) is 8.09. The molecule has 1 saturated heterocycles. The van der Waals surface area contributed by atoms with Gasteiger partial charge in [-0.3, -0.25) is 10.1 Å². The molecule has 2 atom stereocenters. The van der Waals surface area contributed by atoms with Gasteiger partial charge in [-0.2, -0.15) is 0 Å². The first-order valence-corrected chi connectivity index (χ1v) is 5.71. The van der Waals surface area contributed by atoms with E-state index in [1.54, 1.807) is 12.1 Å². The van der Waals surface area contributed by atoms with Crippen molar-refractivity contribution in [3.63, 3.8) is 0 Å². The first-order valence-electron chi connectivity index (χ1n) is 5.71. The Bertz CT molecular complexity index is 428. The highest BCUT2D eigenvalue weighted by atomic mass is 16.6. The molecule has 0 radical (unpaired) electrons. The van der Waals surface area contributed by atoms with Crippen LogP contribution in [0.1, 0.15) is 30.0 Å². The minimum atomic E-state index is -0.398. The summed E-state index contributed by atoms with van der Waals surface area (Å²) < 4.78 is 5.53. The van der Waals surface area contributed by atoms with Crippen LogP contribution >= 0.6 is 0 Å². The van der Waals surface area contributed by atoms with Crippen molar-refractivity contribution >= 4 is 5.69 Å². The highest BCUT2D eigenvalue weighted by Gasteiger charge is 2.26. The summed E-state index contributed by atoms with van der Waals surface area (Å²) in [6.07, 6.45) is 1.91. The van der Waals surface area contributed by atoms with Gasteiger partial charge in [-0.25, -0.2) is 0 Å². The average molecular weight is 236 g/mol. The Morgan fingerprint density at radius 1 is 1.59 bits per heavy atom. The fourth-order valence-corrected chi connectivity index (χ4v) is 2.19. The van der Waals surface area contributed by atoms with E-state index in [-0.39, 0.29) is 17.8 Å². The molecule has 0 spiro atoms. The highest BCUT2D eigenvalue weighted by molar-refractivity contribution is 5.41. The number of rotatable bonds is 3. The fraction of sp³-hybridized carbons (Fsp3) is 0.500. The van der Waals surface area contributed by atoms with Crippen molar-refractivity contribution in [1.82, 2.24) is 0 Å². The molecule has 0 aromatic heterocycles. The van der Waals surface area contributed by atoms with Crippen molar-refractivity contribution in [2.45, 2.75) is 31.9 Å². The van der Waals surface area contributed by atoms with Gasteiger partial charge in [0.05, 0.1) is 17.1 Å². The van der Waals surface area contributed by atoms with Crippen LogP contribution in [0.5, 0.6) is 0 Å². The normalized spacial score (nSPS) is 21.4. The molecule has 1 heterocycles. The van der Waals surface area contributed by atoms with Gasteiger partial charge in [-0.05, 0) is 30.9 Å². The maximum Gasteiger partial charge on any atom is 0.269 e. The lowest BCUT2D eigenvalue weighted by Gasteiger charge is -2.20. The number of non-ortho nitro benzene ring substituents is 1. The van der Waals surface area contributed by atoms with E-state index < -0.39 is 4.92 Å². The summed E-state index contributed by atoms with van der Waals surface area (Å²) in [6, 6.07) is 4.52. The summed E-state index contributed by atoms with van der Waals surface area (Å²) in [5, 5.41) is 10.7. The van der Waals surface area contributed by atoms with Crippen LogP contribution in [0.15, 0.2) is 18.2 Å². The monoisotopic (exact) mass is 236 g/mol. The number of nitro benzene ring substituents is 1. The summed E-state index contributed by atoms with van der Waals surface area (Å²) >= 11 is 0. The lowest BCUT2D eigenvalue weighted by molar-refractivity contribution is -0.385. The predicted octanol–water partition coefficient (Wildman–Crippen LogP) is 2.08. The van der Waals surface area contributed by atoms with Gasteiger partial charge in [0.1, 0.15) is 0 Å². The Balaban J connectivity index is 2.29. The Morgan fingerprint density at radius 3 is 2.94 bits per heavy atom. The Hall–Kier alpha value is -1.46. The van der Waals surface area contributed by atoms with Gasteiger partial charge in [0.2, 0.25) is 0 Å². The third-order valence-electron chi connectivity index (χ3n) is 3.20. The van der Waals surface area contributed by atoms with Gasteiger partial charge in [0.15, 0.2) is 0 Å². The number of benzene rings is 1. The van der Waals surface area contributed by atoms with Gasteiger partial charge in [-0.1, -0.05) is 6.07 Å². The molecule has 1 aromatic rings. The van der Waals surface area contributed by atoms with Crippen molar-refractivity contribution in [3.05, 3.63) is 39.4 Å². The second-order valence-electron chi connectivity index (χ2n) is 4.38. The van der Waals surface area contributed by atoms with E-state index in [1.165, 1.54) is 6.07 Å². The van der Waals surface area contributed by atoms with E-state index in [0.717, 1.165) is 30.6 Å². The molecule has 2 N–H and O–H groups in total. The summed E-state index contributed by atoms with van der Waals surface area (Å²) in [4.78, 5) is 10.3. The maximum absolute atomic E-state index is 10.7. The van der Waals surface area contributed by atoms with Crippen molar-refractivity contribution in [2.75, 3.05) is 6.61 Å². The standard InChI is InChI=1S/C12H16N2O3/c1-8-4-5-9(14(15)16)7-10(8)12(13)11-3-2-6-17-11/h4-5,7,11-12H,2-3,6,13H2,1H3. The van der Waals surface area contributed by atoms with E-state index in [9.17, 15) is 10.1 Å². The molecule has 1 aromatic carbocycles. The summed E-state index contributed by atoms with van der Waals surface area (Å²) in [7, 11) is 0. The van der Waals surface area contributed by atoms with Crippen molar-refractivity contribution in [1.29, 1.82) is 0 Å². The topological polar surface area (TPSA) is 78.4 Å². The highest BCUT2D eigenvalue weighted by Crippen LogP contribution is 2.29. The zero-order valence-corrected chi connectivity index (χ0v) is 9.76. The molecule has 0 bridgehead atoms. The van der Waals surface area contributed by atoms with Crippen LogP contribution in [0.2, 0.25) is 0 Å². The third-order valence-corrected chi connectivity index (χ3v) is 3.20. The number of ether oxygens (including phenoxy) is 1. The number of aryl methyl sites for hydroxylation is 1. The molecule has 2 rings (SSSR count). The van der Waals surface area contributed by atoms with Crippen LogP contribution < -0.4 is 5.73 Å². The third kappa shape index (κ3) is 2.45. The van der Waals surface area contributed by atoms with Gasteiger partial charge in [0, 0.05) is 18.7 Å². The molecule has 17 heavy (non-hydrogen) atoms. The number of hydrogen-bond acceptors (Lipinski definition) is 4. The van der Waals surface area contributed by atoms with E-state index in [2.05, 4.69) is 0 Å². The molecule has 0 aliphatic carbocycles. The lowest BCUT2D eigenvalue weighted by Crippen LogP contribution is -2.26. The van der Waals surface area contributed by atoms with Crippen LogP contribution in [0.3, 0.4) is 0 Å². The van der Waals surface area contributed by atoms with Crippen molar-refractivity contribution in [3.8, 4) is 0 Å². The first kappa shape index (κ1) is 12.0. The smallest absolute Gasteiger partial charge is 0.269 e. The molecule has 1 aliphatic rings. The quantitative estimate of drug-likeness (QED) is 0.643. The molecule has 92 valence electrons. The van der Waals surface area contributed by atoms with E-state index in [0.29, 0.717) is 0 Å². The van der Waals surface area contributed by atoms with E-state index in [1.807, 2.05) is 6.92 Å². The lowest BCUT2D eigenvalue weighted by atomic mass is 9.96. The maximum atomic E-state index is 10.7. The number of nitrogens with zero attached hydrogens (tertiary/aromatic N) is 1. The van der Waals surface area contributed by atoms with Gasteiger partial charge in [-0.15, -0.1) is 0 Å². The summed E-state index contributed by atoms with van der Waals surface area (Å²) in [5.74, 6) is 0. The molecular formula is C12H16N2O3. The van der Waals surface area contributed by atoms with Crippen molar-refractivity contribution < 1.29 is 9.66 Å². The fourth-order valence-electron chi connectivity index (χ4n) is 2.19. The van der Waals surface area contributed by atoms with Crippen molar-refractivity contribution in [2.24, 2.45) is 5.73 Å². The predicted molar refractivity (Wildman–Crippen MR) is 63.7 cm³/mol. The van der Waals surface area contributed by atoms with E-state index >= 15 is 0 Å². The number of nitrogens with two attached hydrogens (primary N) is 1. The van der Waals surface area contributed by atoms with Crippen LogP contribution in [0.4, 0.5) is 5.69 Å². The molecule has 5 heteroatoms. The largest absolute Gasteiger partial charge is 0.376 e. The van der Waals surface area contributed by atoms with Crippen LogP contribution in [0.25, 0.3) is 0 Å². The summed E-state index contributed by atoms with van der Waals surface area (Å²) in [6.45, 7) is 2.64. The minimum absolute atomic E-state index is 0.0179. The Morgan fingerprint density at radius 2 is 2.35 bits per heavy atom. The molecule has 2 unspecified atom stereocenters. The zero-order valence-electron chi connectivity index (χ0n) is 9.76. The minimum Gasteiger partial charge on any atom is -0.376 e. The molecule has 5 nitrogen and oxygen atoms in total. The number of hydrogen-bond donors (Lipinski definition) is 1. The SMILES string of the molecule is Cc1ccc([N+](=O)[O-])cc1C(N)C1CCCO1. The van der Waals surface area contributed by atoms with Crippen LogP contribution in [0, 0.1) is 17.0 Å². The molecule has 0 amide bonds. The second-order valence-corrected chi connectivity index (χ2v) is 4.38. The van der Waals surface area contributed by atoms with E-state index in [4.69, 9.17) is 10.5 Å². The van der Waals surface area contributed by atoms with Gasteiger partial charge >= 0.3 is 0 Å². The molecule has 1 aliphatic heterocycles. The average Bonchev–Trinajstić information content (AvgIpc) is 2.81. The zero-order chi connectivity index (χ0) is 12.4. The number of nitro groups is 1. The van der Waals surface area contributed by atoms with Gasteiger partial charge in [0.25, 0.3) is 5.69 Å². The van der Waals surface area contributed by atoms with Crippen LogP contribution in [-0.2, 0) is 4.74 Å². The molecular weight excluding hydrogens is 220 g/mol.